The van der Waals surface area contributed by atoms with Crippen LogP contribution in [0.2, 0.25) is 0 Å². The summed E-state index contributed by atoms with van der Waals surface area (Å²) < 4.78 is 22.6. The van der Waals surface area contributed by atoms with E-state index in [1.807, 2.05) is 0 Å². The molecule has 1 saturated carbocycles. The third-order valence-electron chi connectivity index (χ3n) is 5.07. The molecule has 0 radical (unpaired) electrons. The Balaban J connectivity index is 1.89. The number of hydrogen-bond donors (Lipinski definition) is 3. The zero-order chi connectivity index (χ0) is 19.2. The van der Waals surface area contributed by atoms with Gasteiger partial charge in [0, 0.05) is 20.1 Å². The van der Waals surface area contributed by atoms with Crippen LogP contribution in [-0.2, 0) is 16.6 Å². The Morgan fingerprint density at radius 2 is 1.81 bits per heavy atom. The largest absolute Gasteiger partial charge is 0.356 e. The molecule has 1 fully saturated rings. The number of rotatable bonds is 7. The Morgan fingerprint density at radius 1 is 1.19 bits per heavy atom. The molecule has 1 aliphatic carbocycles. The van der Waals surface area contributed by atoms with Crippen LogP contribution in [0.25, 0.3) is 0 Å². The van der Waals surface area contributed by atoms with E-state index >= 15 is 0 Å². The second-order valence-corrected chi connectivity index (χ2v) is 9.33. The Bertz CT molecular complexity index is 706. The number of nitrogens with zero attached hydrogens (tertiary/aromatic N) is 1. The lowest BCUT2D eigenvalue weighted by Crippen LogP contribution is -2.43. The molecule has 0 unspecified atom stereocenters. The van der Waals surface area contributed by atoms with E-state index in [0.717, 1.165) is 18.1 Å². The molecule has 146 valence electrons. The Morgan fingerprint density at radius 3 is 2.31 bits per heavy atom. The lowest BCUT2D eigenvalue weighted by molar-refractivity contribution is 0.235. The molecular weight excluding hydrogens is 348 g/mol. The Kier molecular flexibility index (Phi) is 7.06. The molecule has 0 heterocycles. The van der Waals surface area contributed by atoms with Crippen molar-refractivity contribution in [3.8, 4) is 0 Å². The molecular formula is C19H32N4O2S. The van der Waals surface area contributed by atoms with Crippen molar-refractivity contribution in [3.05, 3.63) is 29.8 Å². The minimum Gasteiger partial charge on any atom is -0.356 e. The number of nitrogens with one attached hydrogen (secondary N) is 2. The highest BCUT2D eigenvalue weighted by Gasteiger charge is 2.34. The molecule has 0 saturated heterocycles. The molecule has 1 aromatic rings. The summed E-state index contributed by atoms with van der Waals surface area (Å²) in [4.78, 5) is 4.44. The van der Waals surface area contributed by atoms with Crippen molar-refractivity contribution in [3.63, 3.8) is 0 Å². The van der Waals surface area contributed by atoms with Crippen molar-refractivity contribution in [1.82, 2.24) is 10.6 Å². The highest BCUT2D eigenvalue weighted by molar-refractivity contribution is 7.89. The number of hydrogen-bond acceptors (Lipinski definition) is 3. The third kappa shape index (κ3) is 5.99. The SMILES string of the molecule is CN=C(NCc1ccc(S(N)(=O)=O)cc1)NCC1(CC(C)C)CCCC1. The normalized spacial score (nSPS) is 17.5. The van der Waals surface area contributed by atoms with Crippen LogP contribution in [0.15, 0.2) is 34.2 Å². The molecule has 2 rings (SSSR count). The van der Waals surface area contributed by atoms with Crippen molar-refractivity contribution in [1.29, 1.82) is 0 Å². The molecule has 1 aromatic carbocycles. The number of aliphatic imine (C=N–C) groups is 1. The summed E-state index contributed by atoms with van der Waals surface area (Å²) in [5.41, 5.74) is 1.35. The van der Waals surface area contributed by atoms with Gasteiger partial charge in [-0.1, -0.05) is 38.8 Å². The second-order valence-electron chi connectivity index (χ2n) is 7.77. The number of sulfonamides is 1. The summed E-state index contributed by atoms with van der Waals surface area (Å²) in [7, 11) is -1.88. The second kappa shape index (κ2) is 8.86. The van der Waals surface area contributed by atoms with Gasteiger partial charge in [0.05, 0.1) is 4.90 Å². The molecule has 0 aliphatic heterocycles. The smallest absolute Gasteiger partial charge is 0.238 e. The zero-order valence-electron chi connectivity index (χ0n) is 16.1. The van der Waals surface area contributed by atoms with Gasteiger partial charge in [-0.25, -0.2) is 13.6 Å². The lowest BCUT2D eigenvalue weighted by Gasteiger charge is -2.32. The highest BCUT2D eigenvalue weighted by Crippen LogP contribution is 2.42. The average Bonchev–Trinajstić information content (AvgIpc) is 3.02. The van der Waals surface area contributed by atoms with E-state index in [1.165, 1.54) is 44.2 Å². The summed E-state index contributed by atoms with van der Waals surface area (Å²) in [6.07, 6.45) is 6.44. The zero-order valence-corrected chi connectivity index (χ0v) is 16.9. The van der Waals surface area contributed by atoms with Gasteiger partial charge in [-0.05, 0) is 48.3 Å². The molecule has 0 spiro atoms. The lowest BCUT2D eigenvalue weighted by atomic mass is 9.78. The van der Waals surface area contributed by atoms with Crippen LogP contribution in [0.5, 0.6) is 0 Å². The van der Waals surface area contributed by atoms with Crippen LogP contribution in [0.4, 0.5) is 0 Å². The molecule has 0 aromatic heterocycles. The quantitative estimate of drug-likeness (QED) is 0.500. The summed E-state index contributed by atoms with van der Waals surface area (Å²) in [6, 6.07) is 6.58. The van der Waals surface area contributed by atoms with Crippen molar-refractivity contribution in [2.24, 2.45) is 21.5 Å². The van der Waals surface area contributed by atoms with Gasteiger partial charge in [0.15, 0.2) is 5.96 Å². The van der Waals surface area contributed by atoms with E-state index in [4.69, 9.17) is 5.14 Å². The molecule has 0 amide bonds. The highest BCUT2D eigenvalue weighted by atomic mass is 32.2. The van der Waals surface area contributed by atoms with E-state index in [-0.39, 0.29) is 4.90 Å². The first-order valence-corrected chi connectivity index (χ1v) is 10.8. The maximum atomic E-state index is 11.3. The van der Waals surface area contributed by atoms with Crippen molar-refractivity contribution in [2.45, 2.75) is 57.4 Å². The van der Waals surface area contributed by atoms with Gasteiger partial charge in [-0.2, -0.15) is 0 Å². The molecule has 0 atom stereocenters. The number of guanidine groups is 1. The fraction of sp³-hybridized carbons (Fsp3) is 0.632. The van der Waals surface area contributed by atoms with E-state index in [0.29, 0.717) is 17.9 Å². The monoisotopic (exact) mass is 380 g/mol. The van der Waals surface area contributed by atoms with Crippen molar-refractivity contribution in [2.75, 3.05) is 13.6 Å². The van der Waals surface area contributed by atoms with E-state index in [9.17, 15) is 8.42 Å². The first-order chi connectivity index (χ1) is 12.2. The van der Waals surface area contributed by atoms with Gasteiger partial charge < -0.3 is 10.6 Å². The predicted octanol–water partition coefficient (Wildman–Crippen LogP) is 2.61. The van der Waals surface area contributed by atoms with Gasteiger partial charge in [-0.15, -0.1) is 0 Å². The van der Waals surface area contributed by atoms with Crippen LogP contribution < -0.4 is 15.8 Å². The number of primary sulfonamides is 1. The van der Waals surface area contributed by atoms with Crippen molar-refractivity contribution >= 4 is 16.0 Å². The van der Waals surface area contributed by atoms with Gasteiger partial charge in [0.2, 0.25) is 10.0 Å². The van der Waals surface area contributed by atoms with E-state index in [1.54, 1.807) is 19.2 Å². The predicted molar refractivity (Wildman–Crippen MR) is 106 cm³/mol. The number of benzene rings is 1. The third-order valence-corrected chi connectivity index (χ3v) is 6.00. The first kappa shape index (κ1) is 20.7. The van der Waals surface area contributed by atoms with Crippen LogP contribution in [0.1, 0.15) is 51.5 Å². The maximum absolute atomic E-state index is 11.3. The minimum atomic E-state index is -3.65. The maximum Gasteiger partial charge on any atom is 0.238 e. The summed E-state index contributed by atoms with van der Waals surface area (Å²) in [5.74, 6) is 1.47. The molecule has 4 N–H and O–H groups in total. The van der Waals surface area contributed by atoms with Crippen LogP contribution >= 0.6 is 0 Å². The molecule has 1 aliphatic rings. The Labute approximate surface area is 157 Å². The fourth-order valence-electron chi connectivity index (χ4n) is 3.92. The van der Waals surface area contributed by atoms with E-state index in [2.05, 4.69) is 29.5 Å². The molecule has 7 heteroatoms. The summed E-state index contributed by atoms with van der Waals surface area (Å²) in [5, 5.41) is 11.9. The Hall–Kier alpha value is -1.60. The standard InChI is InChI=1S/C19H32N4O2S/c1-15(2)12-19(10-4-5-11-19)14-23-18(21-3)22-13-16-6-8-17(9-7-16)26(20,24)25/h6-9,15H,4-5,10-14H2,1-3H3,(H2,20,24,25)(H2,21,22,23). The minimum absolute atomic E-state index is 0.126. The molecule has 26 heavy (non-hydrogen) atoms. The fourth-order valence-corrected chi connectivity index (χ4v) is 4.43. The molecule has 6 nitrogen and oxygen atoms in total. The summed E-state index contributed by atoms with van der Waals surface area (Å²) in [6.45, 7) is 6.09. The van der Waals surface area contributed by atoms with Gasteiger partial charge in [0.1, 0.15) is 0 Å². The van der Waals surface area contributed by atoms with Gasteiger partial charge in [-0.3, -0.25) is 4.99 Å². The van der Waals surface area contributed by atoms with E-state index < -0.39 is 10.0 Å². The number of nitrogens with two attached hydrogens (primary N) is 1. The van der Waals surface area contributed by atoms with Gasteiger partial charge >= 0.3 is 0 Å². The molecule has 0 bridgehead atoms. The first-order valence-electron chi connectivity index (χ1n) is 9.30. The summed E-state index contributed by atoms with van der Waals surface area (Å²) >= 11 is 0. The average molecular weight is 381 g/mol. The van der Waals surface area contributed by atoms with Gasteiger partial charge in [0.25, 0.3) is 0 Å². The topological polar surface area (TPSA) is 96.6 Å². The van der Waals surface area contributed by atoms with Crippen LogP contribution in [0.3, 0.4) is 0 Å². The van der Waals surface area contributed by atoms with Crippen LogP contribution in [-0.4, -0.2) is 28.0 Å². The van der Waals surface area contributed by atoms with Crippen LogP contribution in [0, 0.1) is 11.3 Å². The van der Waals surface area contributed by atoms with Crippen molar-refractivity contribution < 1.29 is 8.42 Å².